The van der Waals surface area contributed by atoms with Gasteiger partial charge in [-0.15, -0.1) is 11.3 Å². The van der Waals surface area contributed by atoms with Gasteiger partial charge in [0.25, 0.3) is 5.91 Å². The first-order valence-electron chi connectivity index (χ1n) is 24.3. The lowest BCUT2D eigenvalue weighted by molar-refractivity contribution is -0.144. The van der Waals surface area contributed by atoms with Gasteiger partial charge in [-0.25, -0.2) is 9.78 Å². The van der Waals surface area contributed by atoms with Crippen molar-refractivity contribution in [1.82, 2.24) is 20.5 Å². The molecule has 384 valence electrons. The number of unbranched alkanes of at least 4 members (excludes halogenated alkanes) is 6. The van der Waals surface area contributed by atoms with E-state index in [2.05, 4.69) is 31.6 Å². The summed E-state index contributed by atoms with van der Waals surface area (Å²) in [5.74, 6) is -1.92. The van der Waals surface area contributed by atoms with E-state index in [1.165, 1.54) is 4.90 Å². The Labute approximate surface area is 421 Å². The minimum atomic E-state index is -0.938. The number of benzene rings is 3. The molecule has 4 aromatic rings. The van der Waals surface area contributed by atoms with Crippen LogP contribution in [0.5, 0.6) is 0 Å². The zero-order valence-corrected chi connectivity index (χ0v) is 42.9. The van der Waals surface area contributed by atoms with Gasteiger partial charge < -0.3 is 45.5 Å². The minimum Gasteiger partial charge on any atom is -0.444 e. The normalized spacial score (nSPS) is 15.1. The summed E-state index contributed by atoms with van der Waals surface area (Å²) in [5.41, 5.74) is 5.04. The average Bonchev–Trinajstić information content (AvgIpc) is 3.93. The van der Waals surface area contributed by atoms with Gasteiger partial charge in [0.2, 0.25) is 23.6 Å². The molecular weight excluding hydrogens is 927 g/mol. The van der Waals surface area contributed by atoms with Gasteiger partial charge in [-0.1, -0.05) is 89.3 Å². The topological polar surface area (TPSA) is 227 Å². The van der Waals surface area contributed by atoms with Crippen molar-refractivity contribution in [2.24, 2.45) is 5.41 Å². The van der Waals surface area contributed by atoms with Gasteiger partial charge in [-0.05, 0) is 93.5 Å². The zero-order chi connectivity index (χ0) is 51.6. The fourth-order valence-electron chi connectivity index (χ4n) is 7.82. The van der Waals surface area contributed by atoms with Crippen molar-refractivity contribution in [3.05, 3.63) is 95.1 Å². The third-order valence-corrected chi connectivity index (χ3v) is 12.5. The van der Waals surface area contributed by atoms with Crippen molar-refractivity contribution in [3.63, 3.8) is 0 Å². The van der Waals surface area contributed by atoms with E-state index in [4.69, 9.17) is 14.2 Å². The molecule has 0 unspecified atom stereocenters. The van der Waals surface area contributed by atoms with E-state index in [0.717, 1.165) is 66.6 Å². The molecule has 0 aliphatic carbocycles. The quantitative estimate of drug-likeness (QED) is 0.0367. The number of aliphatic hydroxyl groups excluding tert-OH is 1. The maximum Gasteiger partial charge on any atom is 0.412 e. The van der Waals surface area contributed by atoms with Gasteiger partial charge in [-0.3, -0.25) is 29.3 Å². The Hall–Kier alpha value is -6.21. The molecule has 71 heavy (non-hydrogen) atoms. The van der Waals surface area contributed by atoms with Crippen LogP contribution in [0, 0.1) is 12.3 Å². The van der Waals surface area contributed by atoms with Crippen LogP contribution in [0.3, 0.4) is 0 Å². The number of ether oxygens (including phenoxy) is 3. The molecule has 17 nitrogen and oxygen atoms in total. The predicted molar refractivity (Wildman–Crippen MR) is 275 cm³/mol. The number of rotatable bonds is 24. The predicted octanol–water partition coefficient (Wildman–Crippen LogP) is 8.23. The van der Waals surface area contributed by atoms with Crippen LogP contribution in [0.15, 0.2) is 78.3 Å². The van der Waals surface area contributed by atoms with Crippen molar-refractivity contribution in [3.8, 4) is 10.4 Å². The number of aliphatic hydroxyl groups is 1. The first kappa shape index (κ1) is 55.7. The molecule has 1 fully saturated rings. The lowest BCUT2D eigenvalue weighted by Crippen LogP contribution is -2.58. The van der Waals surface area contributed by atoms with Crippen molar-refractivity contribution in [2.45, 2.75) is 130 Å². The minimum absolute atomic E-state index is 0.00660. The van der Waals surface area contributed by atoms with E-state index >= 15 is 0 Å². The highest BCUT2D eigenvalue weighted by molar-refractivity contribution is 7.13. The molecule has 0 spiro atoms. The van der Waals surface area contributed by atoms with E-state index in [0.29, 0.717) is 35.8 Å². The summed E-state index contributed by atoms with van der Waals surface area (Å²) in [4.78, 5) is 84.8. The second-order valence-electron chi connectivity index (χ2n) is 19.8. The molecule has 2 heterocycles. The van der Waals surface area contributed by atoms with Crippen LogP contribution in [0.1, 0.15) is 115 Å². The highest BCUT2D eigenvalue weighted by Gasteiger charge is 2.44. The number of hydrogen-bond donors (Lipinski definition) is 6. The fourth-order valence-corrected chi connectivity index (χ4v) is 8.63. The molecule has 1 aliphatic rings. The summed E-state index contributed by atoms with van der Waals surface area (Å²) in [6, 6.07) is 19.3. The summed E-state index contributed by atoms with van der Waals surface area (Å²) >= 11 is 1.57. The fraction of sp³-hybridized carbons (Fsp3) is 0.491. The SMILES string of the molecule is Cc1ncsc1-c1ccc(CNC(=O)[C@@H]2C[C@@H](O)CN2C(=O)[C@@H](NC(=O)COCCCCCCCCCOCC(=O)Nc2ccc(C(=O)Nc3ccccc3NC(=O)OC(C)(C)C)cc2)C(C)(C)C)cc1. The molecule has 6 N–H and O–H groups in total. The Morgan fingerprint density at radius 2 is 1.35 bits per heavy atom. The van der Waals surface area contributed by atoms with Crippen molar-refractivity contribution in [1.29, 1.82) is 0 Å². The van der Waals surface area contributed by atoms with Gasteiger partial charge in [-0.2, -0.15) is 0 Å². The molecule has 1 saturated heterocycles. The largest absolute Gasteiger partial charge is 0.444 e. The van der Waals surface area contributed by atoms with Crippen LogP contribution in [0.4, 0.5) is 21.9 Å². The van der Waals surface area contributed by atoms with Crippen molar-refractivity contribution < 1.29 is 48.1 Å². The second-order valence-corrected chi connectivity index (χ2v) is 20.6. The van der Waals surface area contributed by atoms with Gasteiger partial charge in [0.05, 0.1) is 33.6 Å². The van der Waals surface area contributed by atoms with Crippen LogP contribution in [0.25, 0.3) is 10.4 Å². The van der Waals surface area contributed by atoms with E-state index < -0.39 is 53.0 Å². The molecule has 1 aromatic heterocycles. The monoisotopic (exact) mass is 997 g/mol. The molecule has 1 aliphatic heterocycles. The molecule has 5 rings (SSSR count). The summed E-state index contributed by atoms with van der Waals surface area (Å²) in [5, 5.41) is 24.5. The molecule has 3 atom stereocenters. The summed E-state index contributed by atoms with van der Waals surface area (Å²) in [6.07, 6.45) is 5.16. The Morgan fingerprint density at radius 3 is 1.93 bits per heavy atom. The van der Waals surface area contributed by atoms with Crippen molar-refractivity contribution in [2.75, 3.05) is 48.9 Å². The highest BCUT2D eigenvalue weighted by Crippen LogP contribution is 2.29. The van der Waals surface area contributed by atoms with Crippen LogP contribution in [-0.2, 0) is 39.9 Å². The first-order valence-corrected chi connectivity index (χ1v) is 25.2. The second kappa shape index (κ2) is 26.8. The summed E-state index contributed by atoms with van der Waals surface area (Å²) < 4.78 is 16.6. The van der Waals surface area contributed by atoms with Crippen LogP contribution >= 0.6 is 11.3 Å². The molecule has 3 aromatic carbocycles. The Morgan fingerprint density at radius 1 is 0.761 bits per heavy atom. The summed E-state index contributed by atoms with van der Waals surface area (Å²) in [6.45, 7) is 13.6. The number of nitrogens with one attached hydrogen (secondary N) is 5. The van der Waals surface area contributed by atoms with Gasteiger partial charge >= 0.3 is 6.09 Å². The highest BCUT2D eigenvalue weighted by atomic mass is 32.1. The molecule has 0 radical (unpaired) electrons. The number of aromatic nitrogens is 1. The Kier molecular flexibility index (Phi) is 21.1. The van der Waals surface area contributed by atoms with Gasteiger partial charge in [0.15, 0.2) is 0 Å². The number of carbonyl (C=O) groups is 6. The van der Waals surface area contributed by atoms with Gasteiger partial charge in [0, 0.05) is 44.0 Å². The van der Waals surface area contributed by atoms with Crippen LogP contribution < -0.4 is 26.6 Å². The number of β-amino-alcohol motifs (C(OH)–C–C–N with tert-alkyl or cyclic N) is 1. The maximum absolute atomic E-state index is 13.9. The molecule has 0 bridgehead atoms. The lowest BCUT2D eigenvalue weighted by atomic mass is 9.85. The zero-order valence-electron chi connectivity index (χ0n) is 42.1. The third-order valence-electron chi connectivity index (χ3n) is 11.5. The third kappa shape index (κ3) is 18.5. The van der Waals surface area contributed by atoms with Crippen LogP contribution in [-0.4, -0.2) is 107 Å². The number of thiazole rings is 1. The average molecular weight is 998 g/mol. The maximum atomic E-state index is 13.9. The van der Waals surface area contributed by atoms with Gasteiger partial charge in [0.1, 0.15) is 30.9 Å². The standard InChI is InChI=1S/C53H71N7O10S/c1-35-46(71-34-55-35)37-21-19-36(20-22-37)30-54-49(65)43-29-40(61)31-60(43)50(66)47(52(2,3)4)59-45(63)33-69-28-16-12-10-8-9-11-15-27-68-32-44(62)56-39-25-23-38(24-26-39)48(64)57-41-17-13-14-18-42(41)58-51(67)70-53(5,6)7/h13-14,17-26,34,40,43,47,61H,8-12,15-16,27-33H2,1-7H3,(H,54,65)(H,56,62)(H,57,64)(H,58,67)(H,59,63)/t40-,43+,47-/m1/s1. The number of likely N-dealkylation sites (tertiary alicyclic amines) is 1. The Balaban J connectivity index is 0.898. The van der Waals surface area contributed by atoms with E-state index in [9.17, 15) is 33.9 Å². The van der Waals surface area contributed by atoms with Crippen molar-refractivity contribution >= 4 is 64.0 Å². The smallest absolute Gasteiger partial charge is 0.412 e. The van der Waals surface area contributed by atoms with E-state index in [-0.39, 0.29) is 44.5 Å². The first-order chi connectivity index (χ1) is 33.8. The van der Waals surface area contributed by atoms with E-state index in [1.54, 1.807) is 80.6 Å². The molecule has 6 amide bonds. The molecule has 18 heteroatoms. The lowest BCUT2D eigenvalue weighted by Gasteiger charge is -2.35. The number of aryl methyl sites for hydroxylation is 1. The number of nitrogens with zero attached hydrogens (tertiary/aromatic N) is 2. The number of carbonyl (C=O) groups excluding carboxylic acids is 6. The molecule has 0 saturated carbocycles. The number of hydrogen-bond acceptors (Lipinski definition) is 12. The number of para-hydroxylation sites is 2. The number of amides is 6. The van der Waals surface area contributed by atoms with E-state index in [1.807, 2.05) is 57.5 Å². The summed E-state index contributed by atoms with van der Waals surface area (Å²) in [7, 11) is 0. The van der Waals surface area contributed by atoms with Crippen LogP contribution in [0.2, 0.25) is 0 Å². The molecular formula is C53H71N7O10S. The Bertz CT molecular complexity index is 2400. The number of anilines is 3.